The Labute approximate surface area is 101 Å². The summed E-state index contributed by atoms with van der Waals surface area (Å²) < 4.78 is 18.5. The zero-order valence-electron chi connectivity index (χ0n) is 9.94. The van der Waals surface area contributed by atoms with Crippen LogP contribution in [0.2, 0.25) is 0 Å². The summed E-state index contributed by atoms with van der Waals surface area (Å²) in [4.78, 5) is 0. The van der Waals surface area contributed by atoms with Crippen LogP contribution in [0.3, 0.4) is 0 Å². The van der Waals surface area contributed by atoms with Crippen LogP contribution < -0.4 is 0 Å². The molecule has 2 rings (SSSR count). The van der Waals surface area contributed by atoms with E-state index in [1.54, 1.807) is 12.1 Å². The molecule has 0 spiro atoms. The monoisotopic (exact) mass is 238 g/mol. The smallest absolute Gasteiger partial charge is 0.123 e. The number of rotatable bonds is 5. The van der Waals surface area contributed by atoms with Gasteiger partial charge < -0.3 is 9.84 Å². The molecule has 1 aliphatic heterocycles. The molecule has 1 heterocycles. The molecule has 3 heteroatoms. The molecule has 1 fully saturated rings. The van der Waals surface area contributed by atoms with E-state index in [1.165, 1.54) is 12.1 Å². The van der Waals surface area contributed by atoms with Crippen LogP contribution >= 0.6 is 0 Å². The number of hydrogen-bond acceptors (Lipinski definition) is 2. The van der Waals surface area contributed by atoms with Gasteiger partial charge in [0.05, 0.1) is 12.2 Å². The first-order chi connectivity index (χ1) is 8.25. The van der Waals surface area contributed by atoms with Gasteiger partial charge in [0.25, 0.3) is 0 Å². The molecular weight excluding hydrogens is 219 g/mol. The van der Waals surface area contributed by atoms with Crippen LogP contribution in [0.4, 0.5) is 4.39 Å². The maximum absolute atomic E-state index is 13.0. The van der Waals surface area contributed by atoms with E-state index in [1.807, 2.05) is 0 Å². The van der Waals surface area contributed by atoms with Gasteiger partial charge in [-0.3, -0.25) is 0 Å². The molecule has 0 aromatic heterocycles. The van der Waals surface area contributed by atoms with Gasteiger partial charge in [-0.2, -0.15) is 0 Å². The Morgan fingerprint density at radius 1 is 1.47 bits per heavy atom. The second kappa shape index (κ2) is 6.12. The van der Waals surface area contributed by atoms with Crippen molar-refractivity contribution in [3.05, 3.63) is 35.6 Å². The zero-order chi connectivity index (χ0) is 12.1. The number of aliphatic hydroxyl groups excluding tert-OH is 1. The maximum Gasteiger partial charge on any atom is 0.123 e. The zero-order valence-corrected chi connectivity index (χ0v) is 9.94. The van der Waals surface area contributed by atoms with Crippen molar-refractivity contribution in [2.45, 2.75) is 44.3 Å². The standard InChI is InChI=1S/C14H19FO2/c15-12-5-1-4-11(10-12)14(16)8-2-6-13-7-3-9-17-13/h1,4-5,10,13-14,16H,2-3,6-9H2. The van der Waals surface area contributed by atoms with Crippen LogP contribution in [-0.2, 0) is 4.74 Å². The van der Waals surface area contributed by atoms with Crippen molar-refractivity contribution in [3.8, 4) is 0 Å². The molecule has 1 saturated heterocycles. The largest absolute Gasteiger partial charge is 0.388 e. The Morgan fingerprint density at radius 2 is 2.35 bits per heavy atom. The summed E-state index contributed by atoms with van der Waals surface area (Å²) in [6.07, 6.45) is 4.67. The second-order valence-electron chi connectivity index (χ2n) is 4.64. The normalized spacial score (nSPS) is 21.6. The molecule has 1 aromatic rings. The quantitative estimate of drug-likeness (QED) is 0.853. The minimum Gasteiger partial charge on any atom is -0.388 e. The Morgan fingerprint density at radius 3 is 3.06 bits per heavy atom. The fraction of sp³-hybridized carbons (Fsp3) is 0.571. The third-order valence-electron chi connectivity index (χ3n) is 3.26. The van der Waals surface area contributed by atoms with Crippen molar-refractivity contribution < 1.29 is 14.2 Å². The average molecular weight is 238 g/mol. The van der Waals surface area contributed by atoms with E-state index in [-0.39, 0.29) is 5.82 Å². The van der Waals surface area contributed by atoms with Crippen molar-refractivity contribution in [1.82, 2.24) is 0 Å². The Bertz CT molecular complexity index is 348. The predicted molar refractivity (Wildman–Crippen MR) is 64.2 cm³/mol. The molecule has 2 nitrogen and oxygen atoms in total. The van der Waals surface area contributed by atoms with Gasteiger partial charge >= 0.3 is 0 Å². The lowest BCUT2D eigenvalue weighted by Crippen LogP contribution is -2.06. The highest BCUT2D eigenvalue weighted by Crippen LogP contribution is 2.23. The average Bonchev–Trinajstić information content (AvgIpc) is 2.82. The minimum atomic E-state index is -0.563. The Hall–Kier alpha value is -0.930. The van der Waals surface area contributed by atoms with E-state index in [0.717, 1.165) is 32.3 Å². The first kappa shape index (κ1) is 12.5. The van der Waals surface area contributed by atoms with Gasteiger partial charge in [0.15, 0.2) is 0 Å². The van der Waals surface area contributed by atoms with Crippen molar-refractivity contribution in [2.75, 3.05) is 6.61 Å². The lowest BCUT2D eigenvalue weighted by Gasteiger charge is -2.13. The van der Waals surface area contributed by atoms with Crippen molar-refractivity contribution in [2.24, 2.45) is 0 Å². The predicted octanol–water partition coefficient (Wildman–Crippen LogP) is 3.21. The lowest BCUT2D eigenvalue weighted by atomic mass is 10.0. The van der Waals surface area contributed by atoms with Gasteiger partial charge in [-0.15, -0.1) is 0 Å². The van der Waals surface area contributed by atoms with E-state index in [4.69, 9.17) is 4.74 Å². The summed E-state index contributed by atoms with van der Waals surface area (Å²) in [5.74, 6) is -0.291. The summed E-state index contributed by atoms with van der Waals surface area (Å²) in [5, 5.41) is 9.91. The summed E-state index contributed by atoms with van der Waals surface area (Å²) >= 11 is 0. The maximum atomic E-state index is 13.0. The molecule has 0 bridgehead atoms. The molecule has 1 aromatic carbocycles. The Balaban J connectivity index is 1.74. The van der Waals surface area contributed by atoms with E-state index in [2.05, 4.69) is 0 Å². The highest BCUT2D eigenvalue weighted by molar-refractivity contribution is 5.18. The molecule has 0 amide bonds. The van der Waals surface area contributed by atoms with E-state index in [9.17, 15) is 9.50 Å². The first-order valence-electron chi connectivity index (χ1n) is 6.31. The second-order valence-corrected chi connectivity index (χ2v) is 4.64. The molecule has 1 aliphatic rings. The van der Waals surface area contributed by atoms with Crippen LogP contribution in [0.5, 0.6) is 0 Å². The molecule has 17 heavy (non-hydrogen) atoms. The number of benzene rings is 1. The molecule has 2 unspecified atom stereocenters. The third-order valence-corrected chi connectivity index (χ3v) is 3.26. The van der Waals surface area contributed by atoms with Gasteiger partial charge in [-0.05, 0) is 49.8 Å². The number of ether oxygens (including phenoxy) is 1. The summed E-state index contributed by atoms with van der Waals surface area (Å²) in [5.41, 5.74) is 0.664. The van der Waals surface area contributed by atoms with Gasteiger partial charge in [0.1, 0.15) is 5.82 Å². The van der Waals surface area contributed by atoms with Crippen molar-refractivity contribution >= 4 is 0 Å². The van der Waals surface area contributed by atoms with Gasteiger partial charge in [0.2, 0.25) is 0 Å². The molecule has 0 saturated carbocycles. The number of halogens is 1. The highest BCUT2D eigenvalue weighted by Gasteiger charge is 2.16. The van der Waals surface area contributed by atoms with Crippen molar-refractivity contribution in [1.29, 1.82) is 0 Å². The minimum absolute atomic E-state index is 0.291. The van der Waals surface area contributed by atoms with Crippen LogP contribution in [0.15, 0.2) is 24.3 Å². The molecule has 0 aliphatic carbocycles. The van der Waals surface area contributed by atoms with Crippen molar-refractivity contribution in [3.63, 3.8) is 0 Å². The highest BCUT2D eigenvalue weighted by atomic mass is 19.1. The Kier molecular flexibility index (Phi) is 4.51. The molecule has 2 atom stereocenters. The third kappa shape index (κ3) is 3.79. The molecule has 1 N–H and O–H groups in total. The molecular formula is C14H19FO2. The fourth-order valence-electron chi connectivity index (χ4n) is 2.29. The summed E-state index contributed by atoms with van der Waals surface area (Å²) in [6.45, 7) is 0.872. The number of hydrogen-bond donors (Lipinski definition) is 1. The van der Waals surface area contributed by atoms with Gasteiger partial charge in [-0.1, -0.05) is 12.1 Å². The van der Waals surface area contributed by atoms with Crippen LogP contribution in [0.1, 0.15) is 43.8 Å². The van der Waals surface area contributed by atoms with Crippen LogP contribution in [0.25, 0.3) is 0 Å². The molecule has 94 valence electrons. The lowest BCUT2D eigenvalue weighted by molar-refractivity contribution is 0.0944. The van der Waals surface area contributed by atoms with Crippen LogP contribution in [0, 0.1) is 5.82 Å². The summed E-state index contributed by atoms with van der Waals surface area (Å²) in [7, 11) is 0. The first-order valence-corrected chi connectivity index (χ1v) is 6.31. The summed E-state index contributed by atoms with van der Waals surface area (Å²) in [6, 6.07) is 6.19. The fourth-order valence-corrected chi connectivity index (χ4v) is 2.29. The van der Waals surface area contributed by atoms with Gasteiger partial charge in [0, 0.05) is 6.61 Å². The van der Waals surface area contributed by atoms with E-state index < -0.39 is 6.10 Å². The van der Waals surface area contributed by atoms with E-state index in [0.29, 0.717) is 18.1 Å². The number of aliphatic hydroxyl groups is 1. The topological polar surface area (TPSA) is 29.5 Å². The SMILES string of the molecule is OC(CCCC1CCCO1)c1cccc(F)c1. The molecule has 0 radical (unpaired) electrons. The van der Waals surface area contributed by atoms with Crippen LogP contribution in [-0.4, -0.2) is 17.8 Å². The van der Waals surface area contributed by atoms with Gasteiger partial charge in [-0.25, -0.2) is 4.39 Å². The van der Waals surface area contributed by atoms with E-state index >= 15 is 0 Å².